The van der Waals surface area contributed by atoms with Gasteiger partial charge in [-0.3, -0.25) is 0 Å². The second-order valence-electron chi connectivity index (χ2n) is 5.41. The SMILES string of the molecule is Cc1ccc2c(c1)CC(CSc1cc(C)ccc1N)O2. The molecule has 20 heavy (non-hydrogen) atoms. The lowest BCUT2D eigenvalue weighted by Crippen LogP contribution is -2.15. The second-order valence-corrected chi connectivity index (χ2v) is 6.47. The van der Waals surface area contributed by atoms with Crippen molar-refractivity contribution in [2.24, 2.45) is 0 Å². The van der Waals surface area contributed by atoms with Gasteiger partial charge >= 0.3 is 0 Å². The zero-order valence-electron chi connectivity index (χ0n) is 11.8. The minimum absolute atomic E-state index is 0.247. The number of thioether (sulfide) groups is 1. The fourth-order valence-electron chi connectivity index (χ4n) is 2.49. The molecule has 0 aromatic heterocycles. The quantitative estimate of drug-likeness (QED) is 0.684. The summed E-state index contributed by atoms with van der Waals surface area (Å²) in [5.41, 5.74) is 10.7. The van der Waals surface area contributed by atoms with Crippen LogP contribution in [0, 0.1) is 13.8 Å². The highest BCUT2D eigenvalue weighted by atomic mass is 32.2. The fraction of sp³-hybridized carbons (Fsp3) is 0.294. The first-order valence-electron chi connectivity index (χ1n) is 6.87. The van der Waals surface area contributed by atoms with Crippen molar-refractivity contribution in [3.63, 3.8) is 0 Å². The molecule has 2 N–H and O–H groups in total. The molecule has 1 heterocycles. The van der Waals surface area contributed by atoms with Crippen molar-refractivity contribution in [2.75, 3.05) is 11.5 Å². The molecule has 1 aliphatic rings. The van der Waals surface area contributed by atoms with E-state index in [1.807, 2.05) is 12.1 Å². The Balaban J connectivity index is 1.65. The molecule has 0 amide bonds. The van der Waals surface area contributed by atoms with Crippen molar-refractivity contribution in [3.8, 4) is 5.75 Å². The third-order valence-electron chi connectivity index (χ3n) is 3.55. The van der Waals surface area contributed by atoms with Crippen molar-refractivity contribution in [1.82, 2.24) is 0 Å². The predicted molar refractivity (Wildman–Crippen MR) is 85.6 cm³/mol. The van der Waals surface area contributed by atoms with E-state index < -0.39 is 0 Å². The van der Waals surface area contributed by atoms with Crippen LogP contribution in [0.15, 0.2) is 41.3 Å². The molecule has 0 fully saturated rings. The van der Waals surface area contributed by atoms with E-state index in [0.29, 0.717) is 0 Å². The molecule has 0 spiro atoms. The molecule has 0 radical (unpaired) electrons. The van der Waals surface area contributed by atoms with Gasteiger partial charge in [-0.1, -0.05) is 23.8 Å². The van der Waals surface area contributed by atoms with Crippen LogP contribution in [0.25, 0.3) is 0 Å². The summed E-state index contributed by atoms with van der Waals surface area (Å²) in [4.78, 5) is 1.15. The highest BCUT2D eigenvalue weighted by Crippen LogP contribution is 2.33. The van der Waals surface area contributed by atoms with Gasteiger partial charge in [0, 0.05) is 22.8 Å². The van der Waals surface area contributed by atoms with Gasteiger partial charge in [0.1, 0.15) is 11.9 Å². The number of aryl methyl sites for hydroxylation is 2. The summed E-state index contributed by atoms with van der Waals surface area (Å²) in [6.45, 7) is 4.21. The van der Waals surface area contributed by atoms with E-state index in [-0.39, 0.29) is 6.10 Å². The maximum absolute atomic E-state index is 6.02. The molecule has 3 heteroatoms. The van der Waals surface area contributed by atoms with Gasteiger partial charge in [-0.15, -0.1) is 11.8 Å². The lowest BCUT2D eigenvalue weighted by Gasteiger charge is -2.11. The number of anilines is 1. The number of nitrogens with two attached hydrogens (primary N) is 1. The molecule has 0 bridgehead atoms. The maximum atomic E-state index is 6.02. The summed E-state index contributed by atoms with van der Waals surface area (Å²) in [7, 11) is 0. The van der Waals surface area contributed by atoms with Crippen LogP contribution in [0.4, 0.5) is 5.69 Å². The average Bonchev–Trinajstić information content (AvgIpc) is 2.81. The van der Waals surface area contributed by atoms with Crippen molar-refractivity contribution in [2.45, 2.75) is 31.3 Å². The van der Waals surface area contributed by atoms with Gasteiger partial charge in [0.05, 0.1) is 0 Å². The summed E-state index contributed by atoms with van der Waals surface area (Å²) >= 11 is 1.78. The number of benzene rings is 2. The molecule has 3 rings (SSSR count). The zero-order valence-corrected chi connectivity index (χ0v) is 12.7. The van der Waals surface area contributed by atoms with Gasteiger partial charge in [0.2, 0.25) is 0 Å². The molecular formula is C17H19NOS. The van der Waals surface area contributed by atoms with Gasteiger partial charge in [-0.25, -0.2) is 0 Å². The topological polar surface area (TPSA) is 35.2 Å². The third-order valence-corrected chi connectivity index (χ3v) is 4.75. The molecule has 1 atom stereocenters. The molecule has 2 aromatic rings. The molecule has 0 aliphatic carbocycles. The molecule has 0 saturated carbocycles. The highest BCUT2D eigenvalue weighted by Gasteiger charge is 2.23. The first kappa shape index (κ1) is 13.4. The summed E-state index contributed by atoms with van der Waals surface area (Å²) in [5.74, 6) is 1.97. The molecular weight excluding hydrogens is 266 g/mol. The van der Waals surface area contributed by atoms with E-state index in [0.717, 1.165) is 28.5 Å². The maximum Gasteiger partial charge on any atom is 0.123 e. The molecule has 104 valence electrons. The molecule has 2 nitrogen and oxygen atoms in total. The Hall–Kier alpha value is -1.61. The predicted octanol–water partition coefficient (Wildman–Crippen LogP) is 3.98. The van der Waals surface area contributed by atoms with Gasteiger partial charge in [0.25, 0.3) is 0 Å². The van der Waals surface area contributed by atoms with E-state index in [9.17, 15) is 0 Å². The minimum atomic E-state index is 0.247. The normalized spacial score (nSPS) is 16.8. The summed E-state index contributed by atoms with van der Waals surface area (Å²) in [5, 5.41) is 0. The van der Waals surface area contributed by atoms with Gasteiger partial charge in [0.15, 0.2) is 0 Å². The van der Waals surface area contributed by atoms with Crippen molar-refractivity contribution in [3.05, 3.63) is 53.1 Å². The van der Waals surface area contributed by atoms with E-state index in [2.05, 4.69) is 38.1 Å². The first-order chi connectivity index (χ1) is 9.61. The van der Waals surface area contributed by atoms with Crippen LogP contribution in [0.1, 0.15) is 16.7 Å². The van der Waals surface area contributed by atoms with Gasteiger partial charge < -0.3 is 10.5 Å². The number of nitrogen functional groups attached to an aromatic ring is 1. The van der Waals surface area contributed by atoms with E-state index in [4.69, 9.17) is 10.5 Å². The van der Waals surface area contributed by atoms with E-state index >= 15 is 0 Å². The molecule has 1 aliphatic heterocycles. The number of fused-ring (bicyclic) bond motifs is 1. The van der Waals surface area contributed by atoms with Crippen molar-refractivity contribution >= 4 is 17.4 Å². The van der Waals surface area contributed by atoms with Crippen molar-refractivity contribution in [1.29, 1.82) is 0 Å². The second kappa shape index (κ2) is 5.41. The summed E-state index contributed by atoms with van der Waals surface area (Å²) in [6, 6.07) is 12.6. The minimum Gasteiger partial charge on any atom is -0.489 e. The van der Waals surface area contributed by atoms with Gasteiger partial charge in [-0.05, 0) is 43.2 Å². The average molecular weight is 285 g/mol. The van der Waals surface area contributed by atoms with Crippen LogP contribution in [0.2, 0.25) is 0 Å². The fourth-order valence-corrected chi connectivity index (χ4v) is 3.55. The lowest BCUT2D eigenvalue weighted by molar-refractivity contribution is 0.259. The zero-order chi connectivity index (χ0) is 14.1. The first-order valence-corrected chi connectivity index (χ1v) is 7.85. The number of hydrogen-bond donors (Lipinski definition) is 1. The lowest BCUT2D eigenvalue weighted by atomic mass is 10.1. The van der Waals surface area contributed by atoms with Crippen molar-refractivity contribution < 1.29 is 4.74 Å². The van der Waals surface area contributed by atoms with E-state index in [1.165, 1.54) is 16.7 Å². The Morgan fingerprint density at radius 3 is 2.75 bits per heavy atom. The Morgan fingerprint density at radius 1 is 1.15 bits per heavy atom. The summed E-state index contributed by atoms with van der Waals surface area (Å²) in [6.07, 6.45) is 1.24. The smallest absolute Gasteiger partial charge is 0.123 e. The standard InChI is InChI=1S/C17H19NOS/c1-11-4-6-16-13(7-11)9-14(19-16)10-20-17-8-12(2)3-5-15(17)18/h3-8,14H,9-10,18H2,1-2H3. The number of ether oxygens (including phenoxy) is 1. The van der Waals surface area contributed by atoms with Crippen LogP contribution in [0.3, 0.4) is 0 Å². The van der Waals surface area contributed by atoms with Crippen LogP contribution >= 0.6 is 11.8 Å². The molecule has 1 unspecified atom stereocenters. The monoisotopic (exact) mass is 285 g/mol. The van der Waals surface area contributed by atoms with Crippen LogP contribution in [-0.2, 0) is 6.42 Å². The third kappa shape index (κ3) is 2.78. The Kier molecular flexibility index (Phi) is 3.62. The largest absolute Gasteiger partial charge is 0.489 e. The highest BCUT2D eigenvalue weighted by molar-refractivity contribution is 7.99. The number of hydrogen-bond acceptors (Lipinski definition) is 3. The molecule has 2 aromatic carbocycles. The Bertz CT molecular complexity index is 639. The Morgan fingerprint density at radius 2 is 1.90 bits per heavy atom. The van der Waals surface area contributed by atoms with Crippen LogP contribution in [0.5, 0.6) is 5.75 Å². The summed E-state index contributed by atoms with van der Waals surface area (Å²) < 4.78 is 5.99. The number of rotatable bonds is 3. The van der Waals surface area contributed by atoms with Gasteiger partial charge in [-0.2, -0.15) is 0 Å². The molecule has 0 saturated heterocycles. The van der Waals surface area contributed by atoms with Crippen LogP contribution in [-0.4, -0.2) is 11.9 Å². The van der Waals surface area contributed by atoms with Crippen LogP contribution < -0.4 is 10.5 Å². The Labute approximate surface area is 124 Å². The van der Waals surface area contributed by atoms with E-state index in [1.54, 1.807) is 11.8 Å².